The van der Waals surface area contributed by atoms with Crippen LogP contribution >= 0.6 is 0 Å². The molecule has 31 heavy (non-hydrogen) atoms. The number of carbonyl (C=O) groups excluding carboxylic acids is 1. The largest absolute Gasteiger partial charge is 0.339 e. The topological polar surface area (TPSA) is 97.6 Å². The number of aryl methyl sites for hydroxylation is 1. The molecule has 0 aliphatic carbocycles. The summed E-state index contributed by atoms with van der Waals surface area (Å²) < 4.78 is 15.0. The maximum absolute atomic E-state index is 13.2. The second kappa shape index (κ2) is 8.31. The average Bonchev–Trinajstić information content (AvgIpc) is 3.03. The second-order valence-corrected chi connectivity index (χ2v) is 7.03. The Bertz CT molecular complexity index is 1230. The van der Waals surface area contributed by atoms with Gasteiger partial charge in [-0.1, -0.05) is 0 Å². The fraction of sp³-hybridized carbons (Fsp3) is 0.136. The van der Waals surface area contributed by atoms with Crippen LogP contribution in [0.1, 0.15) is 27.3 Å². The molecule has 1 amide bonds. The van der Waals surface area contributed by atoms with E-state index in [1.54, 1.807) is 28.9 Å². The molecule has 0 unspecified atom stereocenters. The van der Waals surface area contributed by atoms with E-state index in [1.807, 2.05) is 32.9 Å². The Balaban J connectivity index is 1.42. The van der Waals surface area contributed by atoms with E-state index in [2.05, 4.69) is 30.9 Å². The number of halogens is 1. The number of benzene rings is 1. The first-order chi connectivity index (χ1) is 14.9. The van der Waals surface area contributed by atoms with Gasteiger partial charge in [-0.05, 0) is 68.8 Å². The highest BCUT2D eigenvalue weighted by atomic mass is 19.1. The van der Waals surface area contributed by atoms with Gasteiger partial charge < -0.3 is 10.6 Å². The van der Waals surface area contributed by atoms with E-state index < -0.39 is 11.7 Å². The van der Waals surface area contributed by atoms with Crippen molar-refractivity contribution in [3.05, 3.63) is 83.2 Å². The Hall–Kier alpha value is -4.14. The number of hydrogen-bond donors (Lipinski definition) is 2. The van der Waals surface area contributed by atoms with E-state index in [0.29, 0.717) is 17.3 Å². The highest BCUT2D eigenvalue weighted by molar-refractivity contribution is 6.04. The molecular formula is C22H20FN7O. The van der Waals surface area contributed by atoms with Crippen molar-refractivity contribution in [2.75, 3.05) is 10.6 Å². The third-order valence-electron chi connectivity index (χ3n) is 4.90. The first-order valence-corrected chi connectivity index (χ1v) is 9.56. The maximum Gasteiger partial charge on any atom is 0.257 e. The first-order valence-electron chi connectivity index (χ1n) is 9.56. The summed E-state index contributed by atoms with van der Waals surface area (Å²) in [6.07, 6.45) is 2.36. The van der Waals surface area contributed by atoms with Crippen LogP contribution in [0.5, 0.6) is 0 Å². The van der Waals surface area contributed by atoms with Gasteiger partial charge in [-0.25, -0.2) is 9.07 Å². The highest BCUT2D eigenvalue weighted by Crippen LogP contribution is 2.19. The van der Waals surface area contributed by atoms with Crippen LogP contribution < -0.4 is 10.6 Å². The van der Waals surface area contributed by atoms with Gasteiger partial charge in [-0.15, -0.1) is 10.2 Å². The van der Waals surface area contributed by atoms with Crippen molar-refractivity contribution in [1.82, 2.24) is 25.0 Å². The molecule has 3 heterocycles. The van der Waals surface area contributed by atoms with Gasteiger partial charge in [0.2, 0.25) is 0 Å². The zero-order valence-corrected chi connectivity index (χ0v) is 17.2. The quantitative estimate of drug-likeness (QED) is 0.507. The average molecular weight is 417 g/mol. The van der Waals surface area contributed by atoms with Crippen molar-refractivity contribution in [3.63, 3.8) is 0 Å². The van der Waals surface area contributed by atoms with Gasteiger partial charge in [0.15, 0.2) is 11.6 Å². The summed E-state index contributed by atoms with van der Waals surface area (Å²) in [5.74, 6) is 0.217. The number of anilines is 3. The van der Waals surface area contributed by atoms with Gasteiger partial charge in [0.1, 0.15) is 5.82 Å². The molecule has 0 aliphatic heterocycles. The lowest BCUT2D eigenvalue weighted by Crippen LogP contribution is -2.12. The predicted molar refractivity (Wildman–Crippen MR) is 115 cm³/mol. The van der Waals surface area contributed by atoms with Crippen LogP contribution in [0.4, 0.5) is 21.6 Å². The van der Waals surface area contributed by atoms with Crippen molar-refractivity contribution in [2.45, 2.75) is 20.8 Å². The van der Waals surface area contributed by atoms with E-state index in [-0.39, 0.29) is 5.56 Å². The molecule has 0 aliphatic rings. The minimum atomic E-state index is -0.563. The molecule has 4 rings (SSSR count). The number of pyridine rings is 1. The number of amides is 1. The van der Waals surface area contributed by atoms with E-state index in [0.717, 1.165) is 34.9 Å². The number of rotatable bonds is 5. The molecule has 0 saturated carbocycles. The SMILES string of the molecule is Cc1nn(-c2ccc(Nc3ccc(NC(=O)c4cncc(F)c4)cc3)nn2)c(C)c1C. The number of carbonyl (C=O) groups is 1. The Labute approximate surface area is 178 Å². The zero-order chi connectivity index (χ0) is 22.0. The molecule has 0 bridgehead atoms. The van der Waals surface area contributed by atoms with Crippen molar-refractivity contribution in [2.24, 2.45) is 0 Å². The molecule has 1 aromatic carbocycles. The van der Waals surface area contributed by atoms with Crippen molar-refractivity contribution in [3.8, 4) is 5.82 Å². The van der Waals surface area contributed by atoms with Gasteiger partial charge in [0.25, 0.3) is 5.91 Å². The molecule has 0 spiro atoms. The summed E-state index contributed by atoms with van der Waals surface area (Å²) in [5, 5.41) is 18.8. The van der Waals surface area contributed by atoms with Gasteiger partial charge in [0.05, 0.1) is 17.5 Å². The van der Waals surface area contributed by atoms with E-state index in [1.165, 1.54) is 6.20 Å². The Morgan fingerprint density at radius 2 is 1.71 bits per heavy atom. The third-order valence-corrected chi connectivity index (χ3v) is 4.90. The van der Waals surface area contributed by atoms with Crippen molar-refractivity contribution >= 4 is 23.1 Å². The molecule has 0 fully saturated rings. The van der Waals surface area contributed by atoms with Gasteiger partial charge in [-0.2, -0.15) is 5.10 Å². The fourth-order valence-corrected chi connectivity index (χ4v) is 2.97. The van der Waals surface area contributed by atoms with Gasteiger partial charge in [0, 0.05) is 23.3 Å². The number of aromatic nitrogens is 5. The van der Waals surface area contributed by atoms with Gasteiger partial charge in [-0.3, -0.25) is 9.78 Å². The maximum atomic E-state index is 13.2. The summed E-state index contributed by atoms with van der Waals surface area (Å²) in [4.78, 5) is 15.9. The smallest absolute Gasteiger partial charge is 0.257 e. The predicted octanol–water partition coefficient (Wildman–Crippen LogP) is 4.12. The fourth-order valence-electron chi connectivity index (χ4n) is 2.97. The third kappa shape index (κ3) is 4.40. The van der Waals surface area contributed by atoms with Crippen LogP contribution in [-0.4, -0.2) is 30.9 Å². The highest BCUT2D eigenvalue weighted by Gasteiger charge is 2.11. The minimum Gasteiger partial charge on any atom is -0.339 e. The second-order valence-electron chi connectivity index (χ2n) is 7.03. The summed E-state index contributed by atoms with van der Waals surface area (Å²) in [7, 11) is 0. The number of nitrogens with one attached hydrogen (secondary N) is 2. The molecule has 3 aromatic heterocycles. The normalized spacial score (nSPS) is 10.7. The van der Waals surface area contributed by atoms with Gasteiger partial charge >= 0.3 is 0 Å². The lowest BCUT2D eigenvalue weighted by Gasteiger charge is -2.09. The van der Waals surface area contributed by atoms with Crippen LogP contribution in [0.2, 0.25) is 0 Å². The molecule has 156 valence electrons. The lowest BCUT2D eigenvalue weighted by atomic mass is 10.2. The Morgan fingerprint density at radius 3 is 2.32 bits per heavy atom. The summed E-state index contributed by atoms with van der Waals surface area (Å²) >= 11 is 0. The molecule has 4 aromatic rings. The van der Waals surface area contributed by atoms with Crippen molar-refractivity contribution in [1.29, 1.82) is 0 Å². The first kappa shape index (κ1) is 20.1. The van der Waals surface area contributed by atoms with E-state index >= 15 is 0 Å². The van der Waals surface area contributed by atoms with Crippen LogP contribution in [-0.2, 0) is 0 Å². The van der Waals surface area contributed by atoms with Crippen LogP contribution in [0.3, 0.4) is 0 Å². The van der Waals surface area contributed by atoms with Crippen LogP contribution in [0, 0.1) is 26.6 Å². The van der Waals surface area contributed by atoms with Crippen LogP contribution in [0.25, 0.3) is 5.82 Å². The molecule has 0 saturated heterocycles. The molecule has 8 nitrogen and oxygen atoms in total. The minimum absolute atomic E-state index is 0.148. The number of hydrogen-bond acceptors (Lipinski definition) is 6. The standard InChI is InChI=1S/C22H20FN7O/c1-13-14(2)29-30(15(13)3)21-9-8-20(27-28-21)25-18-4-6-19(7-5-18)26-22(31)16-10-17(23)12-24-11-16/h4-12H,1-3H3,(H,25,27)(H,26,31). The summed E-state index contributed by atoms with van der Waals surface area (Å²) in [6.45, 7) is 5.98. The van der Waals surface area contributed by atoms with Crippen molar-refractivity contribution < 1.29 is 9.18 Å². The Kier molecular flexibility index (Phi) is 5.40. The Morgan fingerprint density at radius 1 is 0.968 bits per heavy atom. The molecule has 2 N–H and O–H groups in total. The summed E-state index contributed by atoms with van der Waals surface area (Å²) in [5.41, 5.74) is 4.61. The molecular weight excluding hydrogens is 397 g/mol. The van der Waals surface area contributed by atoms with Crippen LogP contribution in [0.15, 0.2) is 54.9 Å². The lowest BCUT2D eigenvalue weighted by molar-refractivity contribution is 0.102. The van der Waals surface area contributed by atoms with E-state index in [9.17, 15) is 9.18 Å². The monoisotopic (exact) mass is 417 g/mol. The molecule has 0 atom stereocenters. The summed E-state index contributed by atoms with van der Waals surface area (Å²) in [6, 6.07) is 11.8. The van der Waals surface area contributed by atoms with E-state index in [4.69, 9.17) is 0 Å². The molecule has 0 radical (unpaired) electrons. The molecule has 9 heteroatoms. The zero-order valence-electron chi connectivity index (χ0n) is 17.2. The number of nitrogens with zero attached hydrogens (tertiary/aromatic N) is 5.